The summed E-state index contributed by atoms with van der Waals surface area (Å²) in [6.45, 7) is 0.163. The van der Waals surface area contributed by atoms with Gasteiger partial charge in [-0.25, -0.2) is 13.1 Å². The number of hydrogen-bond acceptors (Lipinski definition) is 5. The van der Waals surface area contributed by atoms with Crippen LogP contribution < -0.4 is 4.72 Å². The summed E-state index contributed by atoms with van der Waals surface area (Å²) in [5.41, 5.74) is 2.41. The van der Waals surface area contributed by atoms with Gasteiger partial charge in [-0.15, -0.1) is 11.3 Å². The number of rotatable bonds is 5. The van der Waals surface area contributed by atoms with E-state index in [4.69, 9.17) is 16.0 Å². The number of nitrogens with one attached hydrogen (secondary N) is 1. The number of thiophene rings is 1. The molecule has 3 heterocycles. The van der Waals surface area contributed by atoms with E-state index in [9.17, 15) is 8.42 Å². The predicted octanol–water partition coefficient (Wildman–Crippen LogP) is 3.54. The Bertz CT molecular complexity index is 856. The second kappa shape index (κ2) is 6.21. The molecule has 3 aromatic heterocycles. The highest BCUT2D eigenvalue weighted by atomic mass is 35.5. The van der Waals surface area contributed by atoms with E-state index in [1.807, 2.05) is 18.2 Å². The highest BCUT2D eigenvalue weighted by Gasteiger charge is 2.16. The van der Waals surface area contributed by atoms with Gasteiger partial charge in [0.15, 0.2) is 0 Å². The fraction of sp³-hybridized carbons (Fsp3) is 0.0714. The van der Waals surface area contributed by atoms with Crippen molar-refractivity contribution < 1.29 is 12.8 Å². The molecule has 0 aromatic carbocycles. The van der Waals surface area contributed by atoms with E-state index in [0.717, 1.165) is 28.2 Å². The normalized spacial score (nSPS) is 11.7. The largest absolute Gasteiger partial charge is 0.472 e. The first-order valence-electron chi connectivity index (χ1n) is 6.27. The lowest BCUT2D eigenvalue weighted by molar-refractivity contribution is 0.568. The molecule has 114 valence electrons. The Kier molecular flexibility index (Phi) is 4.30. The number of halogens is 1. The third-order valence-corrected chi connectivity index (χ3v) is 6.05. The first-order chi connectivity index (χ1) is 10.5. The van der Waals surface area contributed by atoms with Crippen LogP contribution in [0, 0.1) is 0 Å². The van der Waals surface area contributed by atoms with Crippen LogP contribution in [0.4, 0.5) is 0 Å². The molecular weight excluding hydrogens is 344 g/mol. The summed E-state index contributed by atoms with van der Waals surface area (Å²) in [4.78, 5) is 4.29. The quantitative estimate of drug-likeness (QED) is 0.760. The molecule has 5 nitrogen and oxygen atoms in total. The molecular formula is C14H11ClN2O3S2. The lowest BCUT2D eigenvalue weighted by Crippen LogP contribution is -2.22. The molecule has 8 heteroatoms. The van der Waals surface area contributed by atoms with Crippen LogP contribution in [0.3, 0.4) is 0 Å². The summed E-state index contributed by atoms with van der Waals surface area (Å²) in [7, 11) is -3.55. The van der Waals surface area contributed by atoms with Crippen LogP contribution in [0.25, 0.3) is 11.3 Å². The molecule has 0 aliphatic heterocycles. The van der Waals surface area contributed by atoms with Gasteiger partial charge in [-0.05, 0) is 29.8 Å². The maximum atomic E-state index is 12.1. The topological polar surface area (TPSA) is 72.2 Å². The van der Waals surface area contributed by atoms with Gasteiger partial charge in [-0.3, -0.25) is 4.98 Å². The van der Waals surface area contributed by atoms with Gasteiger partial charge in [0, 0.05) is 18.3 Å². The van der Waals surface area contributed by atoms with Crippen molar-refractivity contribution in [3.05, 3.63) is 59.0 Å². The zero-order chi connectivity index (χ0) is 15.6. The Balaban J connectivity index is 1.69. The lowest BCUT2D eigenvalue weighted by Gasteiger charge is -2.05. The molecule has 0 radical (unpaired) electrons. The molecule has 0 atom stereocenters. The van der Waals surface area contributed by atoms with E-state index < -0.39 is 10.0 Å². The molecule has 0 amide bonds. The number of nitrogens with zero attached hydrogens (tertiary/aromatic N) is 1. The zero-order valence-corrected chi connectivity index (χ0v) is 13.6. The van der Waals surface area contributed by atoms with Crippen LogP contribution >= 0.6 is 22.9 Å². The van der Waals surface area contributed by atoms with Gasteiger partial charge in [0.1, 0.15) is 4.21 Å². The number of pyridine rings is 1. The summed E-state index contributed by atoms with van der Waals surface area (Å²) in [6.07, 6.45) is 4.81. The van der Waals surface area contributed by atoms with Crippen molar-refractivity contribution in [1.82, 2.24) is 9.71 Å². The van der Waals surface area contributed by atoms with Crippen LogP contribution in [0.2, 0.25) is 4.34 Å². The molecule has 0 unspecified atom stereocenters. The summed E-state index contributed by atoms with van der Waals surface area (Å²) >= 11 is 6.78. The van der Waals surface area contributed by atoms with Crippen LogP contribution in [0.1, 0.15) is 5.56 Å². The van der Waals surface area contributed by atoms with E-state index in [1.54, 1.807) is 24.8 Å². The van der Waals surface area contributed by atoms with Crippen molar-refractivity contribution in [3.8, 4) is 11.3 Å². The maximum absolute atomic E-state index is 12.1. The molecule has 0 aliphatic rings. The summed E-state index contributed by atoms with van der Waals surface area (Å²) in [6, 6.07) is 8.48. The molecule has 0 saturated carbocycles. The van der Waals surface area contributed by atoms with Gasteiger partial charge in [0.25, 0.3) is 0 Å². The molecule has 3 rings (SSSR count). The minimum Gasteiger partial charge on any atom is -0.472 e. The van der Waals surface area contributed by atoms with Crippen molar-refractivity contribution in [2.45, 2.75) is 10.8 Å². The third kappa shape index (κ3) is 3.38. The zero-order valence-electron chi connectivity index (χ0n) is 11.2. The second-order valence-electron chi connectivity index (χ2n) is 4.45. The molecule has 0 aliphatic carbocycles. The highest BCUT2D eigenvalue weighted by molar-refractivity contribution is 7.91. The minimum absolute atomic E-state index is 0.163. The Morgan fingerprint density at radius 2 is 2.09 bits per heavy atom. The van der Waals surface area contributed by atoms with E-state index >= 15 is 0 Å². The number of sulfonamides is 1. The van der Waals surface area contributed by atoms with Crippen molar-refractivity contribution in [2.24, 2.45) is 0 Å². The standard InChI is InChI=1S/C14H11ClN2O3S2/c15-13-3-4-14(21-13)22(18,19)17-8-10-1-2-12(16-7-10)11-5-6-20-9-11/h1-7,9,17H,8H2. The lowest BCUT2D eigenvalue weighted by atomic mass is 10.2. The summed E-state index contributed by atoms with van der Waals surface area (Å²) < 4.78 is 32.3. The Labute approximate surface area is 136 Å². The molecule has 3 aromatic rings. The Hall–Kier alpha value is -1.67. The average Bonchev–Trinajstić information content (AvgIpc) is 3.17. The Morgan fingerprint density at radius 1 is 1.23 bits per heavy atom. The van der Waals surface area contributed by atoms with Gasteiger partial charge in [-0.2, -0.15) is 0 Å². The van der Waals surface area contributed by atoms with Crippen molar-refractivity contribution in [2.75, 3.05) is 0 Å². The van der Waals surface area contributed by atoms with Crippen molar-refractivity contribution in [3.63, 3.8) is 0 Å². The number of aromatic nitrogens is 1. The molecule has 0 spiro atoms. The monoisotopic (exact) mass is 354 g/mol. The van der Waals surface area contributed by atoms with Gasteiger partial charge < -0.3 is 4.42 Å². The van der Waals surface area contributed by atoms with Crippen LogP contribution in [0.15, 0.2) is 57.7 Å². The Morgan fingerprint density at radius 3 is 2.68 bits per heavy atom. The van der Waals surface area contributed by atoms with E-state index in [0.29, 0.717) is 4.34 Å². The van der Waals surface area contributed by atoms with E-state index in [-0.39, 0.29) is 10.8 Å². The third-order valence-electron chi connectivity index (χ3n) is 2.92. The highest BCUT2D eigenvalue weighted by Crippen LogP contribution is 2.25. The van der Waals surface area contributed by atoms with E-state index in [1.165, 1.54) is 6.07 Å². The van der Waals surface area contributed by atoms with Crippen molar-refractivity contribution >= 4 is 33.0 Å². The predicted molar refractivity (Wildman–Crippen MR) is 85.3 cm³/mol. The fourth-order valence-corrected chi connectivity index (χ4v) is 4.35. The summed E-state index contributed by atoms with van der Waals surface area (Å²) in [5.74, 6) is 0. The number of furan rings is 1. The van der Waals surface area contributed by atoms with Gasteiger partial charge in [0.05, 0.1) is 22.6 Å². The second-order valence-corrected chi connectivity index (χ2v) is 8.16. The van der Waals surface area contributed by atoms with Crippen LogP contribution in [-0.2, 0) is 16.6 Å². The molecule has 0 fully saturated rings. The first-order valence-corrected chi connectivity index (χ1v) is 8.95. The minimum atomic E-state index is -3.55. The van der Waals surface area contributed by atoms with Crippen LogP contribution in [-0.4, -0.2) is 13.4 Å². The molecule has 1 N–H and O–H groups in total. The van der Waals surface area contributed by atoms with Crippen molar-refractivity contribution in [1.29, 1.82) is 0 Å². The molecule has 0 saturated heterocycles. The maximum Gasteiger partial charge on any atom is 0.250 e. The average molecular weight is 355 g/mol. The van der Waals surface area contributed by atoms with Crippen LogP contribution in [0.5, 0.6) is 0 Å². The van der Waals surface area contributed by atoms with Gasteiger partial charge in [0.2, 0.25) is 10.0 Å². The fourth-order valence-electron chi connectivity index (χ4n) is 1.80. The SMILES string of the molecule is O=S(=O)(NCc1ccc(-c2ccoc2)nc1)c1ccc(Cl)s1. The summed E-state index contributed by atoms with van der Waals surface area (Å²) in [5, 5.41) is 0. The first kappa shape index (κ1) is 15.2. The molecule has 22 heavy (non-hydrogen) atoms. The van der Waals surface area contributed by atoms with Gasteiger partial charge >= 0.3 is 0 Å². The van der Waals surface area contributed by atoms with E-state index in [2.05, 4.69) is 9.71 Å². The number of hydrogen-bond donors (Lipinski definition) is 1. The molecule has 0 bridgehead atoms. The smallest absolute Gasteiger partial charge is 0.250 e. The van der Waals surface area contributed by atoms with Gasteiger partial charge in [-0.1, -0.05) is 17.7 Å².